The van der Waals surface area contributed by atoms with Crippen LogP contribution in [0.25, 0.3) is 16.7 Å². The van der Waals surface area contributed by atoms with Crippen molar-refractivity contribution in [3.63, 3.8) is 0 Å². The van der Waals surface area contributed by atoms with Gasteiger partial charge in [-0.15, -0.1) is 0 Å². The normalized spacial score (nSPS) is 23.9. The lowest BCUT2D eigenvalue weighted by Crippen LogP contribution is -2.51. The number of amides is 3. The summed E-state index contributed by atoms with van der Waals surface area (Å²) in [5, 5.41) is 8.17. The van der Waals surface area contributed by atoms with E-state index in [0.29, 0.717) is 35.8 Å². The largest absolute Gasteiger partial charge is 0.497 e. The second-order valence-corrected chi connectivity index (χ2v) is 11.5. The number of hydrogen-bond acceptors (Lipinski definition) is 7. The summed E-state index contributed by atoms with van der Waals surface area (Å²) in [4.78, 5) is 45.7. The zero-order valence-electron chi connectivity index (χ0n) is 25.0. The van der Waals surface area contributed by atoms with Crippen LogP contribution in [0.1, 0.15) is 50.6 Å². The Labute approximate surface area is 251 Å². The number of aromatic nitrogens is 3. The Bertz CT molecular complexity index is 1530. The van der Waals surface area contributed by atoms with Gasteiger partial charge < -0.3 is 25.4 Å². The molecule has 1 fully saturated rings. The molecule has 3 atom stereocenters. The Balaban J connectivity index is 1.38. The van der Waals surface area contributed by atoms with E-state index in [1.165, 1.54) is 0 Å². The molecule has 1 aromatic carbocycles. The van der Waals surface area contributed by atoms with E-state index >= 15 is 0 Å². The maximum Gasteiger partial charge on any atom is 0.243 e. The van der Waals surface area contributed by atoms with Crippen LogP contribution < -0.4 is 20.5 Å². The molecule has 5 rings (SSSR count). The van der Waals surface area contributed by atoms with Crippen LogP contribution in [0, 0.1) is 18.8 Å². The van der Waals surface area contributed by atoms with Crippen molar-refractivity contribution < 1.29 is 23.9 Å². The number of methoxy groups -OCH3 is 1. The Kier molecular flexibility index (Phi) is 8.98. The standard InChI is InChI=1S/C32H40N6O5/c1-21-12-15-38(36-21)28-19-27(25-11-10-24(42-3)18-26(25)34-28)43-16-13-22-17-29(39)37(2)14-8-6-4-5-7-9-23-20-32(23,31(33)41)35-30(22)40/h7,9-12,15,18-19,22-23H,4-6,8,13-14,16-17,20H2,1-3H3,(H2,33,41)(H,35,40)/b9-7-/t22-,23-,32-/m1/s1. The van der Waals surface area contributed by atoms with Gasteiger partial charge in [-0.3, -0.25) is 14.4 Å². The molecule has 11 heteroatoms. The Morgan fingerprint density at radius 2 is 2.02 bits per heavy atom. The molecule has 0 spiro atoms. The fraction of sp³-hybridized carbons (Fsp3) is 0.469. The summed E-state index contributed by atoms with van der Waals surface area (Å²) < 4.78 is 13.4. The number of carbonyl (C=O) groups is 3. The van der Waals surface area contributed by atoms with Gasteiger partial charge in [0.15, 0.2) is 5.82 Å². The number of ether oxygens (including phenoxy) is 2. The van der Waals surface area contributed by atoms with Crippen LogP contribution in [0.2, 0.25) is 0 Å². The van der Waals surface area contributed by atoms with Gasteiger partial charge in [-0.25, -0.2) is 9.67 Å². The third-order valence-corrected chi connectivity index (χ3v) is 8.40. The van der Waals surface area contributed by atoms with Crippen molar-refractivity contribution >= 4 is 28.6 Å². The van der Waals surface area contributed by atoms with Gasteiger partial charge in [-0.1, -0.05) is 18.6 Å². The maximum absolute atomic E-state index is 13.6. The van der Waals surface area contributed by atoms with Gasteiger partial charge in [0, 0.05) is 55.6 Å². The number of nitrogens with zero attached hydrogens (tertiary/aromatic N) is 4. The van der Waals surface area contributed by atoms with Crippen LogP contribution >= 0.6 is 0 Å². The number of pyridine rings is 1. The average Bonchev–Trinajstić information content (AvgIpc) is 3.52. The predicted octanol–water partition coefficient (Wildman–Crippen LogP) is 3.46. The fourth-order valence-electron chi connectivity index (χ4n) is 5.58. The monoisotopic (exact) mass is 588 g/mol. The van der Waals surface area contributed by atoms with Crippen molar-refractivity contribution in [2.24, 2.45) is 17.6 Å². The Morgan fingerprint density at radius 3 is 2.77 bits per heavy atom. The Morgan fingerprint density at radius 1 is 1.19 bits per heavy atom. The van der Waals surface area contributed by atoms with Crippen LogP contribution in [0.3, 0.4) is 0 Å². The molecule has 3 aromatic rings. The van der Waals surface area contributed by atoms with E-state index in [1.54, 1.807) is 29.8 Å². The average molecular weight is 589 g/mol. The molecule has 43 heavy (non-hydrogen) atoms. The van der Waals surface area contributed by atoms with Crippen LogP contribution in [-0.4, -0.2) is 70.2 Å². The van der Waals surface area contributed by atoms with E-state index < -0.39 is 17.4 Å². The number of aryl methyl sites for hydroxylation is 1. The van der Waals surface area contributed by atoms with E-state index in [-0.39, 0.29) is 37.2 Å². The molecule has 1 aliphatic heterocycles. The fourth-order valence-corrected chi connectivity index (χ4v) is 5.58. The quantitative estimate of drug-likeness (QED) is 0.403. The SMILES string of the molecule is COc1ccc2c(OCC[C@@H]3CC(=O)N(C)CCCCC/C=C\[C@@H]4C[C@@]4(C(N)=O)NC3=O)cc(-n3ccc(C)n3)nc2c1. The highest BCUT2D eigenvalue weighted by molar-refractivity contribution is 5.95. The zero-order valence-corrected chi connectivity index (χ0v) is 25.0. The van der Waals surface area contributed by atoms with E-state index in [0.717, 1.165) is 36.8 Å². The van der Waals surface area contributed by atoms with Crippen LogP contribution in [0.4, 0.5) is 0 Å². The van der Waals surface area contributed by atoms with Crippen molar-refractivity contribution in [2.75, 3.05) is 27.3 Å². The first-order chi connectivity index (χ1) is 20.7. The van der Waals surface area contributed by atoms with Gasteiger partial charge in [0.25, 0.3) is 0 Å². The topological polar surface area (TPSA) is 142 Å². The maximum atomic E-state index is 13.6. The number of primary amides is 1. The number of fused-ring (bicyclic) bond motifs is 2. The van der Waals surface area contributed by atoms with Gasteiger partial charge in [-0.2, -0.15) is 5.10 Å². The molecule has 0 bridgehead atoms. The number of rotatable bonds is 7. The summed E-state index contributed by atoms with van der Waals surface area (Å²) in [6.07, 6.45) is 10.4. The lowest BCUT2D eigenvalue weighted by atomic mass is 9.98. The lowest BCUT2D eigenvalue weighted by Gasteiger charge is -2.24. The van der Waals surface area contributed by atoms with Crippen molar-refractivity contribution in [3.05, 3.63) is 54.4 Å². The molecule has 0 radical (unpaired) electrons. The van der Waals surface area contributed by atoms with Gasteiger partial charge in [0.1, 0.15) is 17.0 Å². The zero-order chi connectivity index (χ0) is 30.6. The molecule has 1 aliphatic carbocycles. The van der Waals surface area contributed by atoms with Crippen LogP contribution in [-0.2, 0) is 14.4 Å². The third kappa shape index (κ3) is 6.81. The molecule has 228 valence electrons. The molecule has 0 unspecified atom stereocenters. The summed E-state index contributed by atoms with van der Waals surface area (Å²) in [6.45, 7) is 2.69. The minimum Gasteiger partial charge on any atom is -0.497 e. The molecule has 2 aliphatic rings. The Hall–Kier alpha value is -4.41. The highest BCUT2D eigenvalue weighted by Gasteiger charge is 2.59. The summed E-state index contributed by atoms with van der Waals surface area (Å²) in [5.41, 5.74) is 6.17. The van der Waals surface area contributed by atoms with Crippen molar-refractivity contribution in [1.29, 1.82) is 0 Å². The highest BCUT2D eigenvalue weighted by Crippen LogP contribution is 2.45. The molecular weight excluding hydrogens is 548 g/mol. The smallest absolute Gasteiger partial charge is 0.243 e. The predicted molar refractivity (Wildman–Crippen MR) is 162 cm³/mol. The minimum atomic E-state index is -1.11. The molecule has 1 saturated carbocycles. The van der Waals surface area contributed by atoms with Gasteiger partial charge in [0.05, 0.1) is 24.9 Å². The first kappa shape index (κ1) is 30.1. The van der Waals surface area contributed by atoms with Crippen LogP contribution in [0.15, 0.2) is 48.7 Å². The van der Waals surface area contributed by atoms with Gasteiger partial charge in [-0.05, 0) is 57.2 Å². The number of benzene rings is 1. The summed E-state index contributed by atoms with van der Waals surface area (Å²) in [5.74, 6) is -0.0917. The minimum absolute atomic E-state index is 0.00709. The van der Waals surface area contributed by atoms with E-state index in [1.807, 2.05) is 43.5 Å². The number of nitrogens with two attached hydrogens (primary N) is 1. The lowest BCUT2D eigenvalue weighted by molar-refractivity contribution is -0.137. The number of hydrogen-bond donors (Lipinski definition) is 2. The molecular formula is C32H40N6O5. The van der Waals surface area contributed by atoms with Crippen LogP contribution in [0.5, 0.6) is 11.5 Å². The molecule has 11 nitrogen and oxygen atoms in total. The molecule has 3 N–H and O–H groups in total. The van der Waals surface area contributed by atoms with E-state index in [4.69, 9.17) is 20.2 Å². The number of carbonyl (C=O) groups excluding carboxylic acids is 3. The second-order valence-electron chi connectivity index (χ2n) is 11.5. The molecule has 3 amide bonds. The summed E-state index contributed by atoms with van der Waals surface area (Å²) in [7, 11) is 3.36. The second kappa shape index (κ2) is 12.8. The van der Waals surface area contributed by atoms with Gasteiger partial charge in [0.2, 0.25) is 17.7 Å². The van der Waals surface area contributed by atoms with Gasteiger partial charge >= 0.3 is 0 Å². The first-order valence-corrected chi connectivity index (χ1v) is 14.9. The summed E-state index contributed by atoms with van der Waals surface area (Å²) in [6, 6.07) is 9.23. The number of allylic oxidation sites excluding steroid dienone is 1. The number of nitrogens with one attached hydrogen (secondary N) is 1. The first-order valence-electron chi connectivity index (χ1n) is 14.9. The highest BCUT2D eigenvalue weighted by atomic mass is 16.5. The molecule has 2 aromatic heterocycles. The van der Waals surface area contributed by atoms with Crippen molar-refractivity contribution in [3.8, 4) is 17.3 Å². The van der Waals surface area contributed by atoms with E-state index in [9.17, 15) is 14.4 Å². The molecule has 3 heterocycles. The summed E-state index contributed by atoms with van der Waals surface area (Å²) >= 11 is 0. The third-order valence-electron chi connectivity index (χ3n) is 8.40. The van der Waals surface area contributed by atoms with E-state index in [2.05, 4.69) is 16.5 Å². The van der Waals surface area contributed by atoms with Crippen molar-refractivity contribution in [2.45, 2.75) is 57.4 Å². The molecule has 0 saturated heterocycles. The van der Waals surface area contributed by atoms with Crippen molar-refractivity contribution in [1.82, 2.24) is 25.0 Å².